The minimum absolute atomic E-state index is 0.305. The quantitative estimate of drug-likeness (QED) is 0.416. The SMILES string of the molecule is [C-]#[N+]c1ccc(C(=O)N=CN(C)C)cc1. The van der Waals surface area contributed by atoms with Gasteiger partial charge in [-0.15, -0.1) is 0 Å². The van der Waals surface area contributed by atoms with Crippen LogP contribution < -0.4 is 0 Å². The van der Waals surface area contributed by atoms with Crippen molar-refractivity contribution in [3.8, 4) is 0 Å². The summed E-state index contributed by atoms with van der Waals surface area (Å²) in [7, 11) is 3.58. The first-order valence-corrected chi connectivity index (χ1v) is 4.36. The summed E-state index contributed by atoms with van der Waals surface area (Å²) in [5, 5.41) is 0. The van der Waals surface area contributed by atoms with Crippen molar-refractivity contribution >= 4 is 17.9 Å². The van der Waals surface area contributed by atoms with Crippen molar-refractivity contribution in [2.45, 2.75) is 0 Å². The van der Waals surface area contributed by atoms with Crippen LogP contribution in [0.3, 0.4) is 0 Å². The fourth-order valence-electron chi connectivity index (χ4n) is 0.921. The molecule has 1 rings (SSSR count). The molecule has 0 aliphatic carbocycles. The third kappa shape index (κ3) is 3.24. The van der Waals surface area contributed by atoms with E-state index >= 15 is 0 Å². The van der Waals surface area contributed by atoms with Crippen LogP contribution in [0.4, 0.5) is 5.69 Å². The number of hydrogen-bond donors (Lipinski definition) is 0. The number of hydrogen-bond acceptors (Lipinski definition) is 1. The maximum atomic E-state index is 11.4. The van der Waals surface area contributed by atoms with Gasteiger partial charge in [0.05, 0.1) is 12.9 Å². The van der Waals surface area contributed by atoms with Gasteiger partial charge in [-0.05, 0) is 0 Å². The molecule has 0 atom stereocenters. The van der Waals surface area contributed by atoms with Crippen LogP contribution in [0.1, 0.15) is 10.4 Å². The number of benzene rings is 1. The van der Waals surface area contributed by atoms with Crippen LogP contribution in [0.5, 0.6) is 0 Å². The Labute approximate surface area is 88.7 Å². The van der Waals surface area contributed by atoms with Gasteiger partial charge in [-0.25, -0.2) is 4.85 Å². The Morgan fingerprint density at radius 2 is 2.00 bits per heavy atom. The van der Waals surface area contributed by atoms with Crippen molar-refractivity contribution in [2.75, 3.05) is 14.1 Å². The predicted molar refractivity (Wildman–Crippen MR) is 59.2 cm³/mol. The lowest BCUT2D eigenvalue weighted by Crippen LogP contribution is -2.09. The van der Waals surface area contributed by atoms with E-state index in [1.165, 1.54) is 6.34 Å². The molecule has 1 amide bonds. The van der Waals surface area contributed by atoms with Gasteiger partial charge < -0.3 is 4.90 Å². The number of amides is 1. The molecule has 0 N–H and O–H groups in total. The molecule has 0 bridgehead atoms. The number of rotatable bonds is 2. The lowest BCUT2D eigenvalue weighted by atomic mass is 10.2. The molecule has 0 fully saturated rings. The van der Waals surface area contributed by atoms with Crippen molar-refractivity contribution in [1.29, 1.82) is 0 Å². The molecule has 0 radical (unpaired) electrons. The molecule has 0 heterocycles. The average Bonchev–Trinajstić information content (AvgIpc) is 2.26. The Bertz CT molecular complexity index is 412. The van der Waals surface area contributed by atoms with Crippen molar-refractivity contribution in [2.24, 2.45) is 4.99 Å². The summed E-state index contributed by atoms with van der Waals surface area (Å²) in [5.74, 6) is -0.305. The Morgan fingerprint density at radius 1 is 1.40 bits per heavy atom. The normalized spacial score (nSPS) is 9.93. The van der Waals surface area contributed by atoms with E-state index in [2.05, 4.69) is 9.84 Å². The summed E-state index contributed by atoms with van der Waals surface area (Å²) in [6, 6.07) is 6.40. The van der Waals surface area contributed by atoms with E-state index in [1.807, 2.05) is 0 Å². The topological polar surface area (TPSA) is 37.0 Å². The van der Waals surface area contributed by atoms with E-state index in [1.54, 1.807) is 43.3 Å². The van der Waals surface area contributed by atoms with E-state index in [0.29, 0.717) is 11.3 Å². The van der Waals surface area contributed by atoms with Gasteiger partial charge in [0.15, 0.2) is 5.69 Å². The monoisotopic (exact) mass is 201 g/mol. The van der Waals surface area contributed by atoms with Crippen molar-refractivity contribution < 1.29 is 4.79 Å². The molecule has 76 valence electrons. The highest BCUT2D eigenvalue weighted by Crippen LogP contribution is 2.12. The first-order valence-electron chi connectivity index (χ1n) is 4.36. The minimum atomic E-state index is -0.305. The average molecular weight is 201 g/mol. The maximum Gasteiger partial charge on any atom is 0.278 e. The first-order chi connectivity index (χ1) is 7.13. The van der Waals surface area contributed by atoms with E-state index in [9.17, 15) is 4.79 Å². The Hall–Kier alpha value is -2.15. The van der Waals surface area contributed by atoms with Crippen molar-refractivity contribution in [3.63, 3.8) is 0 Å². The Kier molecular flexibility index (Phi) is 3.58. The van der Waals surface area contributed by atoms with Crippen LogP contribution in [-0.4, -0.2) is 31.2 Å². The smallest absolute Gasteiger partial charge is 0.278 e. The molecule has 0 aliphatic heterocycles. The van der Waals surface area contributed by atoms with Crippen LogP contribution in [0.25, 0.3) is 4.85 Å². The molecule has 0 spiro atoms. The molecule has 15 heavy (non-hydrogen) atoms. The van der Waals surface area contributed by atoms with Crippen LogP contribution in [0.15, 0.2) is 29.3 Å². The minimum Gasteiger partial charge on any atom is -0.369 e. The second-order valence-corrected chi connectivity index (χ2v) is 3.17. The van der Waals surface area contributed by atoms with Gasteiger partial charge in [0.2, 0.25) is 0 Å². The van der Waals surface area contributed by atoms with Gasteiger partial charge in [0, 0.05) is 19.7 Å². The number of nitrogens with zero attached hydrogens (tertiary/aromatic N) is 3. The molecular formula is C11H11N3O. The van der Waals surface area contributed by atoms with E-state index < -0.39 is 0 Å². The first kappa shape index (κ1) is 10.9. The zero-order chi connectivity index (χ0) is 11.3. The van der Waals surface area contributed by atoms with Crippen LogP contribution in [0, 0.1) is 6.57 Å². The van der Waals surface area contributed by atoms with Crippen molar-refractivity contribution in [3.05, 3.63) is 41.2 Å². The van der Waals surface area contributed by atoms with Gasteiger partial charge in [0.1, 0.15) is 0 Å². The van der Waals surface area contributed by atoms with E-state index in [0.717, 1.165) is 0 Å². The van der Waals surface area contributed by atoms with Crippen LogP contribution >= 0.6 is 0 Å². The summed E-state index contributed by atoms with van der Waals surface area (Å²) in [4.78, 5) is 20.1. The lowest BCUT2D eigenvalue weighted by molar-refractivity contribution is 0.100. The summed E-state index contributed by atoms with van der Waals surface area (Å²) < 4.78 is 0. The second kappa shape index (κ2) is 4.91. The van der Waals surface area contributed by atoms with E-state index in [4.69, 9.17) is 6.57 Å². The highest BCUT2D eigenvalue weighted by atomic mass is 16.1. The fourth-order valence-corrected chi connectivity index (χ4v) is 0.921. The zero-order valence-electron chi connectivity index (χ0n) is 8.64. The number of carbonyl (C=O) groups excluding carboxylic acids is 1. The zero-order valence-corrected chi connectivity index (χ0v) is 8.64. The molecule has 0 aromatic heterocycles. The van der Waals surface area contributed by atoms with Gasteiger partial charge in [-0.2, -0.15) is 4.99 Å². The number of carbonyl (C=O) groups is 1. The largest absolute Gasteiger partial charge is 0.369 e. The highest BCUT2D eigenvalue weighted by Gasteiger charge is 2.02. The molecule has 0 saturated carbocycles. The fraction of sp³-hybridized carbons (Fsp3) is 0.182. The highest BCUT2D eigenvalue weighted by molar-refractivity contribution is 5.98. The van der Waals surface area contributed by atoms with Gasteiger partial charge in [-0.3, -0.25) is 4.79 Å². The molecule has 0 saturated heterocycles. The van der Waals surface area contributed by atoms with Crippen LogP contribution in [-0.2, 0) is 0 Å². The number of aliphatic imine (C=N–C) groups is 1. The second-order valence-electron chi connectivity index (χ2n) is 3.17. The third-order valence-corrected chi connectivity index (χ3v) is 1.65. The van der Waals surface area contributed by atoms with Gasteiger partial charge in [0.25, 0.3) is 5.91 Å². The van der Waals surface area contributed by atoms with Gasteiger partial charge in [-0.1, -0.05) is 24.3 Å². The summed E-state index contributed by atoms with van der Waals surface area (Å²) in [6.07, 6.45) is 1.45. The Morgan fingerprint density at radius 3 is 2.47 bits per heavy atom. The van der Waals surface area contributed by atoms with E-state index in [-0.39, 0.29) is 5.91 Å². The molecule has 1 aromatic rings. The van der Waals surface area contributed by atoms with Crippen molar-refractivity contribution in [1.82, 2.24) is 4.90 Å². The molecule has 4 heteroatoms. The summed E-state index contributed by atoms with van der Waals surface area (Å²) in [5.41, 5.74) is 1.00. The summed E-state index contributed by atoms with van der Waals surface area (Å²) in [6.45, 7) is 6.76. The standard InChI is InChI=1S/C11H11N3O/c1-12-10-6-4-9(5-7-10)11(15)13-8-14(2)3/h4-8H,2-3H3. The Balaban J connectivity index is 2.80. The molecule has 0 aliphatic rings. The van der Waals surface area contributed by atoms with Gasteiger partial charge >= 0.3 is 0 Å². The van der Waals surface area contributed by atoms with Crippen LogP contribution in [0.2, 0.25) is 0 Å². The maximum absolute atomic E-state index is 11.4. The predicted octanol–water partition coefficient (Wildman–Crippen LogP) is 1.97. The lowest BCUT2D eigenvalue weighted by Gasteiger charge is -2.01. The molecule has 4 nitrogen and oxygen atoms in total. The molecule has 1 aromatic carbocycles. The third-order valence-electron chi connectivity index (χ3n) is 1.65. The summed E-state index contributed by atoms with van der Waals surface area (Å²) >= 11 is 0. The molecule has 0 unspecified atom stereocenters. The molecular weight excluding hydrogens is 190 g/mol.